The summed E-state index contributed by atoms with van der Waals surface area (Å²) in [7, 11) is 5.93. The van der Waals surface area contributed by atoms with Gasteiger partial charge < -0.3 is 10.2 Å². The van der Waals surface area contributed by atoms with Crippen LogP contribution in [-0.4, -0.2) is 26.9 Å². The molecule has 0 saturated heterocycles. The minimum Gasteiger partial charge on any atom is -0.378 e. The second-order valence-corrected chi connectivity index (χ2v) is 5.83. The molecule has 0 aromatic heterocycles. The van der Waals surface area contributed by atoms with Crippen molar-refractivity contribution in [2.45, 2.75) is 6.54 Å². The molecule has 0 aliphatic carbocycles. The molecule has 0 fully saturated rings. The van der Waals surface area contributed by atoms with Gasteiger partial charge in [0.2, 0.25) is 0 Å². The highest BCUT2D eigenvalue weighted by molar-refractivity contribution is 6.04. The van der Waals surface area contributed by atoms with Crippen molar-refractivity contribution in [2.24, 2.45) is 0 Å². The fourth-order valence-electron chi connectivity index (χ4n) is 2.25. The van der Waals surface area contributed by atoms with Gasteiger partial charge in [-0.05, 0) is 48.0 Å². The summed E-state index contributed by atoms with van der Waals surface area (Å²) >= 11 is 0. The Labute approximate surface area is 144 Å². The van der Waals surface area contributed by atoms with Crippen molar-refractivity contribution in [2.75, 3.05) is 26.0 Å². The minimum atomic E-state index is -0.0222. The number of nitrogens with one attached hydrogen (secondary N) is 1. The molecule has 0 radical (unpaired) electrons. The van der Waals surface area contributed by atoms with Crippen LogP contribution in [0.1, 0.15) is 16.7 Å². The van der Waals surface area contributed by atoms with Crippen LogP contribution in [0.15, 0.2) is 60.7 Å². The quantitative estimate of drug-likeness (QED) is 0.788. The summed E-state index contributed by atoms with van der Waals surface area (Å²) < 4.78 is 0. The van der Waals surface area contributed by atoms with Gasteiger partial charge in [-0.2, -0.15) is 0 Å². The second-order valence-electron chi connectivity index (χ2n) is 5.83. The van der Waals surface area contributed by atoms with Crippen LogP contribution in [-0.2, 0) is 11.3 Å². The molecule has 0 bridgehead atoms. The highest BCUT2D eigenvalue weighted by atomic mass is 16.1. The van der Waals surface area contributed by atoms with E-state index in [0.717, 1.165) is 23.4 Å². The molecule has 3 nitrogen and oxygen atoms in total. The van der Waals surface area contributed by atoms with Crippen molar-refractivity contribution in [3.05, 3.63) is 77.4 Å². The average Bonchev–Trinajstić information content (AvgIpc) is 2.60. The molecule has 0 atom stereocenters. The smallest absolute Gasteiger partial charge is 0.178 e. The number of carbonyl (C=O) groups is 1. The zero-order valence-electron chi connectivity index (χ0n) is 14.5. The second kappa shape index (κ2) is 8.85. The van der Waals surface area contributed by atoms with Crippen molar-refractivity contribution in [3.8, 4) is 0 Å². The van der Waals surface area contributed by atoms with Crippen LogP contribution < -0.4 is 10.2 Å². The van der Waals surface area contributed by atoms with Crippen LogP contribution in [0.5, 0.6) is 0 Å². The van der Waals surface area contributed by atoms with Crippen LogP contribution in [0.25, 0.3) is 12.2 Å². The lowest BCUT2D eigenvalue weighted by molar-refractivity contribution is -0.110. The third-order valence-electron chi connectivity index (χ3n) is 3.65. The summed E-state index contributed by atoms with van der Waals surface area (Å²) in [5.41, 5.74) is 4.40. The molecule has 2 rings (SSSR count). The molecule has 0 saturated carbocycles. The maximum absolute atomic E-state index is 11.9. The SMILES string of the molecule is CNCc1ccc(C=CC(=O)C=Cc2ccc(N(C)C)cc2)cc1. The molecule has 24 heavy (non-hydrogen) atoms. The number of benzene rings is 2. The monoisotopic (exact) mass is 320 g/mol. The molecule has 0 aliphatic heterocycles. The van der Waals surface area contributed by atoms with Crippen molar-refractivity contribution >= 4 is 23.6 Å². The Kier molecular flexibility index (Phi) is 6.52. The fourth-order valence-corrected chi connectivity index (χ4v) is 2.25. The summed E-state index contributed by atoms with van der Waals surface area (Å²) in [5.74, 6) is -0.0222. The number of rotatable bonds is 7. The van der Waals surface area contributed by atoms with Gasteiger partial charge in [-0.25, -0.2) is 0 Å². The molecule has 0 unspecified atom stereocenters. The van der Waals surface area contributed by atoms with E-state index in [1.165, 1.54) is 5.56 Å². The van der Waals surface area contributed by atoms with E-state index in [-0.39, 0.29) is 5.78 Å². The van der Waals surface area contributed by atoms with E-state index in [9.17, 15) is 4.79 Å². The van der Waals surface area contributed by atoms with E-state index in [4.69, 9.17) is 0 Å². The molecule has 2 aromatic rings. The Morgan fingerprint density at radius 1 is 0.917 bits per heavy atom. The first-order valence-electron chi connectivity index (χ1n) is 7.99. The van der Waals surface area contributed by atoms with Crippen LogP contribution in [0.2, 0.25) is 0 Å². The molecule has 2 aromatic carbocycles. The van der Waals surface area contributed by atoms with Crippen LogP contribution in [0.4, 0.5) is 5.69 Å². The maximum atomic E-state index is 11.9. The predicted octanol–water partition coefficient (Wildman–Crippen LogP) is 3.77. The number of allylic oxidation sites excluding steroid dienone is 2. The summed E-state index contributed by atoms with van der Waals surface area (Å²) in [6.07, 6.45) is 6.86. The van der Waals surface area contributed by atoms with E-state index >= 15 is 0 Å². The Hall–Kier alpha value is -2.65. The average molecular weight is 320 g/mol. The van der Waals surface area contributed by atoms with Gasteiger partial charge >= 0.3 is 0 Å². The molecule has 0 heterocycles. The molecule has 124 valence electrons. The van der Waals surface area contributed by atoms with Crippen molar-refractivity contribution in [3.63, 3.8) is 0 Å². The number of hydrogen-bond donors (Lipinski definition) is 1. The van der Waals surface area contributed by atoms with E-state index < -0.39 is 0 Å². The molecular formula is C21H24N2O. The first-order valence-corrected chi connectivity index (χ1v) is 7.99. The first-order chi connectivity index (χ1) is 11.6. The summed E-state index contributed by atoms with van der Waals surface area (Å²) in [6.45, 7) is 0.846. The van der Waals surface area contributed by atoms with Gasteiger partial charge in [0.25, 0.3) is 0 Å². The number of nitrogens with zero attached hydrogens (tertiary/aromatic N) is 1. The van der Waals surface area contributed by atoms with Crippen LogP contribution in [0.3, 0.4) is 0 Å². The van der Waals surface area contributed by atoms with E-state index in [2.05, 4.69) is 17.4 Å². The number of hydrogen-bond acceptors (Lipinski definition) is 3. The predicted molar refractivity (Wildman–Crippen MR) is 103 cm³/mol. The Bertz CT molecular complexity index is 711. The van der Waals surface area contributed by atoms with Gasteiger partial charge in [-0.3, -0.25) is 4.79 Å². The molecule has 1 N–H and O–H groups in total. The van der Waals surface area contributed by atoms with Crippen molar-refractivity contribution < 1.29 is 4.79 Å². The van der Waals surface area contributed by atoms with Gasteiger partial charge in [0.15, 0.2) is 5.78 Å². The highest BCUT2D eigenvalue weighted by Crippen LogP contribution is 2.13. The molecule has 0 amide bonds. The third-order valence-corrected chi connectivity index (χ3v) is 3.65. The Morgan fingerprint density at radius 2 is 1.42 bits per heavy atom. The lowest BCUT2D eigenvalue weighted by atomic mass is 10.1. The number of anilines is 1. The Balaban J connectivity index is 1.94. The van der Waals surface area contributed by atoms with E-state index in [1.54, 1.807) is 12.2 Å². The lowest BCUT2D eigenvalue weighted by Gasteiger charge is -2.11. The van der Waals surface area contributed by atoms with Gasteiger partial charge in [0.1, 0.15) is 0 Å². The topological polar surface area (TPSA) is 32.3 Å². The van der Waals surface area contributed by atoms with Gasteiger partial charge in [-0.15, -0.1) is 0 Å². The summed E-state index contributed by atoms with van der Waals surface area (Å²) in [4.78, 5) is 14.0. The highest BCUT2D eigenvalue weighted by Gasteiger charge is 1.95. The van der Waals surface area contributed by atoms with E-state index in [1.807, 2.05) is 74.6 Å². The third kappa shape index (κ3) is 5.52. The molecule has 0 aliphatic rings. The van der Waals surface area contributed by atoms with Crippen molar-refractivity contribution in [1.82, 2.24) is 5.32 Å². The van der Waals surface area contributed by atoms with Crippen LogP contribution in [0, 0.1) is 0 Å². The Morgan fingerprint density at radius 3 is 1.88 bits per heavy atom. The van der Waals surface area contributed by atoms with Gasteiger partial charge in [0, 0.05) is 26.3 Å². The maximum Gasteiger partial charge on any atom is 0.178 e. The molecule has 0 spiro atoms. The normalized spacial score (nSPS) is 11.3. The number of carbonyl (C=O) groups excluding carboxylic acids is 1. The molecule has 3 heteroatoms. The standard InChI is InChI=1S/C21H24N2O/c1-22-16-19-6-4-17(5-7-19)10-14-21(24)15-11-18-8-12-20(13-9-18)23(2)3/h4-15,22H,16H2,1-3H3. The molecular weight excluding hydrogens is 296 g/mol. The number of ketones is 1. The van der Waals surface area contributed by atoms with Crippen molar-refractivity contribution in [1.29, 1.82) is 0 Å². The zero-order valence-corrected chi connectivity index (χ0v) is 14.5. The van der Waals surface area contributed by atoms with E-state index in [0.29, 0.717) is 0 Å². The first kappa shape index (κ1) is 17.7. The summed E-state index contributed by atoms with van der Waals surface area (Å²) in [5, 5.41) is 3.11. The van der Waals surface area contributed by atoms with Crippen LogP contribution >= 0.6 is 0 Å². The summed E-state index contributed by atoms with van der Waals surface area (Å²) in [6, 6.07) is 16.2. The zero-order chi connectivity index (χ0) is 17.4. The minimum absolute atomic E-state index is 0.0222. The fraction of sp³-hybridized carbons (Fsp3) is 0.190. The largest absolute Gasteiger partial charge is 0.378 e. The van der Waals surface area contributed by atoms with Gasteiger partial charge in [0.05, 0.1) is 0 Å². The lowest BCUT2D eigenvalue weighted by Crippen LogP contribution is -2.07. The van der Waals surface area contributed by atoms with Gasteiger partial charge in [-0.1, -0.05) is 48.6 Å².